The number of carbonyl (C=O) groups is 1. The average Bonchev–Trinajstić information content (AvgIpc) is 2.89. The van der Waals surface area contributed by atoms with Crippen molar-refractivity contribution >= 4 is 11.6 Å². The van der Waals surface area contributed by atoms with Crippen LogP contribution in [0, 0.1) is 20.8 Å². The van der Waals surface area contributed by atoms with Crippen molar-refractivity contribution in [1.29, 1.82) is 0 Å². The molecule has 130 valence electrons. The van der Waals surface area contributed by atoms with Gasteiger partial charge in [0.25, 0.3) is 5.91 Å². The minimum absolute atomic E-state index is 0.0830. The summed E-state index contributed by atoms with van der Waals surface area (Å²) in [6.45, 7) is 11.7. The molecule has 3 heterocycles. The predicted octanol–water partition coefficient (Wildman–Crippen LogP) is 0.680. The highest BCUT2D eigenvalue weighted by Crippen LogP contribution is 2.16. The smallest absolute Gasteiger partial charge is 0.257 e. The first-order chi connectivity index (χ1) is 11.6. The summed E-state index contributed by atoms with van der Waals surface area (Å²) in [5, 5.41) is 10.8. The second-order valence-corrected chi connectivity index (χ2v) is 6.44. The molecule has 1 aliphatic heterocycles. The van der Waals surface area contributed by atoms with E-state index >= 15 is 0 Å². The fourth-order valence-corrected chi connectivity index (χ4v) is 3.22. The summed E-state index contributed by atoms with van der Waals surface area (Å²) in [7, 11) is 0. The summed E-state index contributed by atoms with van der Waals surface area (Å²) in [5.41, 5.74) is 3.83. The van der Waals surface area contributed by atoms with Crippen molar-refractivity contribution < 1.29 is 4.79 Å². The van der Waals surface area contributed by atoms with Crippen LogP contribution in [0.25, 0.3) is 5.65 Å². The molecule has 0 spiro atoms. The Bertz CT molecular complexity index is 732. The van der Waals surface area contributed by atoms with Gasteiger partial charge in [-0.05, 0) is 39.8 Å². The normalized spacial score (nSPS) is 15.8. The molecule has 2 N–H and O–H groups in total. The Morgan fingerprint density at radius 2 is 2.04 bits per heavy atom. The van der Waals surface area contributed by atoms with Crippen molar-refractivity contribution in [1.82, 2.24) is 30.1 Å². The van der Waals surface area contributed by atoms with E-state index in [-0.39, 0.29) is 5.91 Å². The van der Waals surface area contributed by atoms with Crippen molar-refractivity contribution in [3.8, 4) is 0 Å². The maximum atomic E-state index is 12.6. The number of fused-ring (bicyclic) bond motifs is 1. The first kappa shape index (κ1) is 16.9. The van der Waals surface area contributed by atoms with E-state index < -0.39 is 0 Å². The number of amides is 1. The summed E-state index contributed by atoms with van der Waals surface area (Å²) in [5.74, 6) is -0.0830. The molecule has 3 rings (SSSR count). The van der Waals surface area contributed by atoms with Crippen LogP contribution in [0.2, 0.25) is 0 Å². The lowest BCUT2D eigenvalue weighted by Gasteiger charge is -2.27. The minimum atomic E-state index is -0.0830. The molecule has 0 radical (unpaired) electrons. The van der Waals surface area contributed by atoms with Crippen molar-refractivity contribution in [2.75, 3.05) is 39.3 Å². The third kappa shape index (κ3) is 3.57. The van der Waals surface area contributed by atoms with E-state index in [0.29, 0.717) is 17.8 Å². The Labute approximate surface area is 142 Å². The Kier molecular flexibility index (Phi) is 5.11. The number of nitrogens with one attached hydrogen (secondary N) is 2. The van der Waals surface area contributed by atoms with Crippen LogP contribution in [0.3, 0.4) is 0 Å². The molecule has 0 atom stereocenters. The van der Waals surface area contributed by atoms with Crippen LogP contribution in [0.15, 0.2) is 6.07 Å². The van der Waals surface area contributed by atoms with Gasteiger partial charge in [-0.1, -0.05) is 0 Å². The molecule has 0 aromatic carbocycles. The van der Waals surface area contributed by atoms with Crippen molar-refractivity contribution in [2.45, 2.75) is 27.2 Å². The van der Waals surface area contributed by atoms with Gasteiger partial charge in [0, 0.05) is 44.1 Å². The van der Waals surface area contributed by atoms with Gasteiger partial charge in [-0.15, -0.1) is 0 Å². The van der Waals surface area contributed by atoms with Gasteiger partial charge in [-0.3, -0.25) is 4.79 Å². The standard InChI is InChI=1S/C17H26N6O/c1-12-11-13(2)23-16(20-12)15(14(3)21-23)17(24)19-5-4-8-22-9-6-18-7-10-22/h11,18H,4-10H2,1-3H3,(H,19,24). The molecule has 1 amide bonds. The lowest BCUT2D eigenvalue weighted by Crippen LogP contribution is -2.44. The Morgan fingerprint density at radius 3 is 2.79 bits per heavy atom. The second kappa shape index (κ2) is 7.27. The van der Waals surface area contributed by atoms with E-state index in [1.54, 1.807) is 4.52 Å². The molecule has 1 saturated heterocycles. The summed E-state index contributed by atoms with van der Waals surface area (Å²) in [4.78, 5) is 19.5. The van der Waals surface area contributed by atoms with Crippen LogP contribution < -0.4 is 10.6 Å². The SMILES string of the molecule is Cc1cc(C)n2nc(C)c(C(=O)NCCCN3CCNCC3)c2n1. The first-order valence-electron chi connectivity index (χ1n) is 8.61. The van der Waals surface area contributed by atoms with Crippen molar-refractivity contribution in [3.05, 3.63) is 28.7 Å². The van der Waals surface area contributed by atoms with Gasteiger partial charge < -0.3 is 15.5 Å². The molecule has 2 aromatic heterocycles. The van der Waals surface area contributed by atoms with Gasteiger partial charge in [0.2, 0.25) is 0 Å². The van der Waals surface area contributed by atoms with Crippen LogP contribution in [0.1, 0.15) is 33.9 Å². The lowest BCUT2D eigenvalue weighted by atomic mass is 10.2. The van der Waals surface area contributed by atoms with E-state index in [0.717, 1.165) is 56.2 Å². The number of aromatic nitrogens is 3. The average molecular weight is 330 g/mol. The predicted molar refractivity (Wildman–Crippen MR) is 93.5 cm³/mol. The molecule has 0 bridgehead atoms. The molecule has 7 nitrogen and oxygen atoms in total. The maximum absolute atomic E-state index is 12.6. The van der Waals surface area contributed by atoms with Gasteiger partial charge in [-0.25, -0.2) is 9.50 Å². The third-order valence-electron chi connectivity index (χ3n) is 4.44. The van der Waals surface area contributed by atoms with Crippen LogP contribution in [-0.2, 0) is 0 Å². The van der Waals surface area contributed by atoms with Gasteiger partial charge in [0.15, 0.2) is 5.65 Å². The van der Waals surface area contributed by atoms with E-state index in [2.05, 4.69) is 25.6 Å². The summed E-state index contributed by atoms with van der Waals surface area (Å²) >= 11 is 0. The largest absolute Gasteiger partial charge is 0.352 e. The zero-order valence-corrected chi connectivity index (χ0v) is 14.7. The monoisotopic (exact) mass is 330 g/mol. The second-order valence-electron chi connectivity index (χ2n) is 6.44. The molecule has 7 heteroatoms. The molecular formula is C17H26N6O. The first-order valence-corrected chi connectivity index (χ1v) is 8.61. The lowest BCUT2D eigenvalue weighted by molar-refractivity contribution is 0.0952. The number of rotatable bonds is 5. The Balaban J connectivity index is 1.62. The van der Waals surface area contributed by atoms with E-state index in [4.69, 9.17) is 0 Å². The number of nitrogens with zero attached hydrogens (tertiary/aromatic N) is 4. The van der Waals surface area contributed by atoms with E-state index in [1.165, 1.54) is 0 Å². The van der Waals surface area contributed by atoms with Crippen LogP contribution in [0.5, 0.6) is 0 Å². The minimum Gasteiger partial charge on any atom is -0.352 e. The molecule has 1 fully saturated rings. The summed E-state index contributed by atoms with van der Waals surface area (Å²) in [6.07, 6.45) is 0.954. The van der Waals surface area contributed by atoms with E-state index in [9.17, 15) is 4.79 Å². The Hall–Kier alpha value is -1.99. The molecule has 24 heavy (non-hydrogen) atoms. The van der Waals surface area contributed by atoms with Crippen LogP contribution in [-0.4, -0.2) is 64.7 Å². The maximum Gasteiger partial charge on any atom is 0.257 e. The molecular weight excluding hydrogens is 304 g/mol. The van der Waals surface area contributed by atoms with Gasteiger partial charge >= 0.3 is 0 Å². The zero-order chi connectivity index (χ0) is 17.1. The fourth-order valence-electron chi connectivity index (χ4n) is 3.22. The zero-order valence-electron chi connectivity index (χ0n) is 14.7. The number of hydrogen-bond donors (Lipinski definition) is 2. The topological polar surface area (TPSA) is 74.6 Å². The van der Waals surface area contributed by atoms with Gasteiger partial charge in [-0.2, -0.15) is 5.10 Å². The molecule has 0 saturated carbocycles. The van der Waals surface area contributed by atoms with Gasteiger partial charge in [0.1, 0.15) is 5.56 Å². The quantitative estimate of drug-likeness (QED) is 0.789. The summed E-state index contributed by atoms with van der Waals surface area (Å²) in [6, 6.07) is 1.97. The molecule has 0 aliphatic carbocycles. The number of carbonyl (C=O) groups excluding carboxylic acids is 1. The number of hydrogen-bond acceptors (Lipinski definition) is 5. The Morgan fingerprint density at radius 1 is 1.29 bits per heavy atom. The molecule has 0 unspecified atom stereocenters. The fraction of sp³-hybridized carbons (Fsp3) is 0.588. The highest BCUT2D eigenvalue weighted by Gasteiger charge is 2.19. The molecule has 1 aliphatic rings. The van der Waals surface area contributed by atoms with Crippen molar-refractivity contribution in [3.63, 3.8) is 0 Å². The number of aryl methyl sites for hydroxylation is 3. The third-order valence-corrected chi connectivity index (χ3v) is 4.44. The van der Waals surface area contributed by atoms with Gasteiger partial charge in [0.05, 0.1) is 5.69 Å². The molecule has 2 aromatic rings. The summed E-state index contributed by atoms with van der Waals surface area (Å²) < 4.78 is 1.75. The van der Waals surface area contributed by atoms with Crippen molar-refractivity contribution in [2.24, 2.45) is 0 Å². The van der Waals surface area contributed by atoms with Crippen LogP contribution >= 0.6 is 0 Å². The van der Waals surface area contributed by atoms with E-state index in [1.807, 2.05) is 26.8 Å². The highest BCUT2D eigenvalue weighted by molar-refractivity contribution is 6.01. The highest BCUT2D eigenvalue weighted by atomic mass is 16.1. The van der Waals surface area contributed by atoms with Crippen LogP contribution in [0.4, 0.5) is 0 Å². The number of piperazine rings is 1.